The van der Waals surface area contributed by atoms with Crippen LogP contribution < -0.4 is 4.90 Å². The third-order valence-electron chi connectivity index (χ3n) is 13.9. The first kappa shape index (κ1) is 28.9. The molecule has 0 saturated heterocycles. The summed E-state index contributed by atoms with van der Waals surface area (Å²) < 4.78 is 0. The molecule has 6 aromatic carbocycles. The van der Waals surface area contributed by atoms with E-state index in [9.17, 15) is 0 Å². The van der Waals surface area contributed by atoms with E-state index in [-0.39, 0.29) is 10.8 Å². The van der Waals surface area contributed by atoms with Crippen molar-refractivity contribution in [3.8, 4) is 33.4 Å². The molecule has 1 heteroatoms. The molecule has 12 rings (SSSR count). The van der Waals surface area contributed by atoms with Gasteiger partial charge in [0.05, 0.1) is 0 Å². The largest absolute Gasteiger partial charge is 0.310 e. The minimum Gasteiger partial charge on any atom is -0.310 e. The molecule has 0 atom stereocenters. The summed E-state index contributed by atoms with van der Waals surface area (Å²) in [4.78, 5) is 2.41. The van der Waals surface area contributed by atoms with Crippen molar-refractivity contribution >= 4 is 17.1 Å². The van der Waals surface area contributed by atoms with Crippen molar-refractivity contribution in [2.24, 2.45) is 23.7 Å². The van der Waals surface area contributed by atoms with Crippen LogP contribution in [0.15, 0.2) is 140 Å². The molecule has 50 heavy (non-hydrogen) atoms. The van der Waals surface area contributed by atoms with E-state index in [4.69, 9.17) is 0 Å². The molecule has 4 bridgehead atoms. The van der Waals surface area contributed by atoms with Crippen LogP contribution in [0, 0.1) is 23.7 Å². The Kier molecular flexibility index (Phi) is 5.97. The van der Waals surface area contributed by atoms with Gasteiger partial charge in [-0.1, -0.05) is 111 Å². The lowest BCUT2D eigenvalue weighted by atomic mass is 9.43. The quantitative estimate of drug-likeness (QED) is 0.184. The summed E-state index contributed by atoms with van der Waals surface area (Å²) in [5, 5.41) is 0. The van der Waals surface area contributed by atoms with Gasteiger partial charge in [0.15, 0.2) is 0 Å². The van der Waals surface area contributed by atoms with Crippen LogP contribution in [0.1, 0.15) is 68.2 Å². The first-order valence-corrected chi connectivity index (χ1v) is 18.9. The zero-order chi connectivity index (χ0) is 33.2. The Labute approximate surface area is 296 Å². The van der Waals surface area contributed by atoms with Crippen molar-refractivity contribution in [1.82, 2.24) is 0 Å². The fraction of sp³-hybridized carbons (Fsp3) is 0.265. The monoisotopic (exact) mass is 645 g/mol. The van der Waals surface area contributed by atoms with Gasteiger partial charge in [-0.15, -0.1) is 0 Å². The van der Waals surface area contributed by atoms with Crippen LogP contribution in [0.4, 0.5) is 17.1 Å². The molecular formula is C49H43N. The second-order valence-electron chi connectivity index (χ2n) is 16.6. The van der Waals surface area contributed by atoms with Crippen molar-refractivity contribution in [2.45, 2.75) is 56.8 Å². The van der Waals surface area contributed by atoms with E-state index in [0.29, 0.717) is 0 Å². The lowest BCUT2D eigenvalue weighted by Gasteiger charge is -2.61. The fourth-order valence-corrected chi connectivity index (χ4v) is 12.0. The third-order valence-corrected chi connectivity index (χ3v) is 13.9. The second kappa shape index (κ2) is 10.3. The van der Waals surface area contributed by atoms with Gasteiger partial charge in [0.1, 0.15) is 0 Å². The van der Waals surface area contributed by atoms with Crippen molar-refractivity contribution in [3.63, 3.8) is 0 Å². The molecule has 244 valence electrons. The molecular weight excluding hydrogens is 603 g/mol. The molecule has 0 radical (unpaired) electrons. The lowest BCUT2D eigenvalue weighted by molar-refractivity contribution is -0.0399. The summed E-state index contributed by atoms with van der Waals surface area (Å²) in [6, 6.07) is 53.1. The summed E-state index contributed by atoms with van der Waals surface area (Å²) in [6.45, 7) is 4.73. The maximum absolute atomic E-state index is 2.54. The number of nitrogens with zero attached hydrogens (tertiary/aromatic N) is 1. The molecule has 1 spiro atoms. The van der Waals surface area contributed by atoms with Crippen LogP contribution in [-0.4, -0.2) is 0 Å². The number of fused-ring (bicyclic) bond motifs is 6. The minimum absolute atomic E-state index is 0.0461. The summed E-state index contributed by atoms with van der Waals surface area (Å²) in [5.41, 5.74) is 18.1. The second-order valence-corrected chi connectivity index (χ2v) is 16.6. The summed E-state index contributed by atoms with van der Waals surface area (Å²) in [5.74, 6) is 3.53. The summed E-state index contributed by atoms with van der Waals surface area (Å²) in [7, 11) is 0. The van der Waals surface area contributed by atoms with Crippen LogP contribution >= 0.6 is 0 Å². The van der Waals surface area contributed by atoms with Gasteiger partial charge in [-0.05, 0) is 154 Å². The highest BCUT2D eigenvalue weighted by molar-refractivity contribution is 5.88. The molecule has 0 aromatic heterocycles. The zero-order valence-corrected chi connectivity index (χ0v) is 29.1. The Balaban J connectivity index is 0.985. The molecule has 0 amide bonds. The number of hydrogen-bond acceptors (Lipinski definition) is 1. The van der Waals surface area contributed by atoms with Gasteiger partial charge in [0.2, 0.25) is 0 Å². The minimum atomic E-state index is -0.0461. The van der Waals surface area contributed by atoms with Crippen molar-refractivity contribution in [3.05, 3.63) is 162 Å². The maximum Gasteiger partial charge on any atom is 0.0465 e. The Hall–Kier alpha value is -4.88. The maximum atomic E-state index is 2.54. The van der Waals surface area contributed by atoms with Crippen molar-refractivity contribution < 1.29 is 0 Å². The Morgan fingerprint density at radius 2 is 0.960 bits per heavy atom. The summed E-state index contributed by atoms with van der Waals surface area (Å²) in [6.07, 6.45) is 7.20. The Bertz CT molecular complexity index is 2280. The van der Waals surface area contributed by atoms with Crippen molar-refractivity contribution in [1.29, 1.82) is 0 Å². The summed E-state index contributed by atoms with van der Waals surface area (Å²) >= 11 is 0. The van der Waals surface area contributed by atoms with Gasteiger partial charge in [-0.3, -0.25) is 0 Å². The van der Waals surface area contributed by atoms with Crippen LogP contribution in [-0.2, 0) is 10.8 Å². The van der Waals surface area contributed by atoms with Crippen LogP contribution in [0.2, 0.25) is 0 Å². The van der Waals surface area contributed by atoms with Crippen molar-refractivity contribution in [2.75, 3.05) is 4.90 Å². The molecule has 0 heterocycles. The number of anilines is 3. The Morgan fingerprint density at radius 3 is 1.68 bits per heavy atom. The average molecular weight is 646 g/mol. The predicted octanol–water partition coefficient (Wildman–Crippen LogP) is 12.9. The van der Waals surface area contributed by atoms with Gasteiger partial charge < -0.3 is 4.90 Å². The van der Waals surface area contributed by atoms with E-state index >= 15 is 0 Å². The highest BCUT2D eigenvalue weighted by atomic mass is 15.1. The lowest BCUT2D eigenvalue weighted by Crippen LogP contribution is -2.55. The number of hydrogen-bond donors (Lipinski definition) is 0. The molecule has 6 aliphatic carbocycles. The van der Waals surface area contributed by atoms with E-state index < -0.39 is 0 Å². The molecule has 6 aliphatic rings. The Morgan fingerprint density at radius 1 is 0.420 bits per heavy atom. The van der Waals surface area contributed by atoms with E-state index in [1.165, 1.54) is 93.7 Å². The third kappa shape index (κ3) is 3.84. The molecule has 6 aromatic rings. The zero-order valence-electron chi connectivity index (χ0n) is 29.1. The predicted molar refractivity (Wildman–Crippen MR) is 207 cm³/mol. The van der Waals surface area contributed by atoms with E-state index in [0.717, 1.165) is 23.7 Å². The van der Waals surface area contributed by atoms with Gasteiger partial charge in [0.25, 0.3) is 0 Å². The van der Waals surface area contributed by atoms with Crippen LogP contribution in [0.5, 0.6) is 0 Å². The smallest absolute Gasteiger partial charge is 0.0465 e. The van der Waals surface area contributed by atoms with E-state index in [2.05, 4.69) is 158 Å². The number of para-hydroxylation sites is 1. The topological polar surface area (TPSA) is 3.24 Å². The van der Waals surface area contributed by atoms with Gasteiger partial charge in [-0.25, -0.2) is 0 Å². The highest BCUT2D eigenvalue weighted by Crippen LogP contribution is 2.69. The molecule has 4 fully saturated rings. The average Bonchev–Trinajstić information content (AvgIpc) is 3.57. The van der Waals surface area contributed by atoms with E-state index in [1.807, 2.05) is 0 Å². The first-order chi connectivity index (χ1) is 24.5. The number of benzene rings is 6. The molecule has 0 N–H and O–H groups in total. The fourth-order valence-electron chi connectivity index (χ4n) is 12.0. The number of rotatable bonds is 4. The van der Waals surface area contributed by atoms with Gasteiger partial charge >= 0.3 is 0 Å². The van der Waals surface area contributed by atoms with E-state index in [1.54, 1.807) is 11.1 Å². The standard InChI is InChI=1S/C49H43N/c1-48(2)44-14-8-6-12-40(44)42-22-21-39(30-47(42)48)50(37-10-4-3-5-11-37)38-19-16-33(17-20-38)34-18-23-46-43(29-34)41-13-7-9-15-45(41)49(46)35-25-31-24-32(27-35)28-36(49)26-31/h3-23,29-32,35-36H,24-28H2,1-2H3. The van der Waals surface area contributed by atoms with Crippen LogP contribution in [0.25, 0.3) is 33.4 Å². The first-order valence-electron chi connectivity index (χ1n) is 18.9. The SMILES string of the molecule is CC1(C)c2ccccc2-c2ccc(N(c3ccccc3)c3ccc(-c4ccc5c(c4)-c4ccccc4C54C5CC6CC(C5)CC4C6)cc3)cc21. The molecule has 0 aliphatic heterocycles. The molecule has 1 nitrogen and oxygen atoms in total. The highest BCUT2D eigenvalue weighted by Gasteiger charge is 2.61. The van der Waals surface area contributed by atoms with Gasteiger partial charge in [-0.2, -0.15) is 0 Å². The molecule has 4 saturated carbocycles. The molecule has 0 unspecified atom stereocenters. The van der Waals surface area contributed by atoms with Gasteiger partial charge in [0, 0.05) is 27.9 Å². The van der Waals surface area contributed by atoms with Crippen LogP contribution in [0.3, 0.4) is 0 Å². The normalized spacial score (nSPS) is 25.6.